The van der Waals surface area contributed by atoms with E-state index < -0.39 is 17.4 Å². The lowest BCUT2D eigenvalue weighted by atomic mass is 9.82. The fraction of sp³-hybridized carbons (Fsp3) is 0.516. The number of nitrogens with zero attached hydrogens (tertiary/aromatic N) is 7. The van der Waals surface area contributed by atoms with E-state index in [4.69, 9.17) is 4.74 Å². The van der Waals surface area contributed by atoms with Gasteiger partial charge in [0, 0.05) is 55.1 Å². The second-order valence-corrected chi connectivity index (χ2v) is 11.1. The van der Waals surface area contributed by atoms with Crippen LogP contribution in [0.2, 0.25) is 0 Å². The van der Waals surface area contributed by atoms with Crippen LogP contribution in [0.5, 0.6) is 5.88 Å². The first-order valence-corrected chi connectivity index (χ1v) is 15.2. The molecule has 0 aromatic carbocycles. The Morgan fingerprint density at radius 3 is 2.64 bits per heavy atom. The number of rotatable bonds is 9. The van der Waals surface area contributed by atoms with E-state index in [-0.39, 0.29) is 12.0 Å². The molecule has 0 amide bonds. The third kappa shape index (κ3) is 6.56. The van der Waals surface area contributed by atoms with Gasteiger partial charge < -0.3 is 15.0 Å². The van der Waals surface area contributed by atoms with Crippen molar-refractivity contribution in [1.29, 1.82) is 5.26 Å². The molecule has 0 unspecified atom stereocenters. The molecular weight excluding hydrogens is 571 g/mol. The summed E-state index contributed by atoms with van der Waals surface area (Å²) in [5, 5.41) is 18.3. The molecule has 0 atom stereocenters. The largest absolute Gasteiger partial charge is 0.474 e. The number of pyridine rings is 1. The summed E-state index contributed by atoms with van der Waals surface area (Å²) >= 11 is 0. The molecule has 2 fully saturated rings. The number of halogens is 3. The Morgan fingerprint density at radius 1 is 1.16 bits per heavy atom. The summed E-state index contributed by atoms with van der Waals surface area (Å²) in [5.74, 6) is 0.0215. The maximum absolute atomic E-state index is 13.4. The number of hydrogen-bond acceptors (Lipinski definition) is 8. The number of nitriles is 1. The molecule has 44 heavy (non-hydrogen) atoms. The van der Waals surface area contributed by atoms with Gasteiger partial charge in [-0.1, -0.05) is 20.8 Å². The van der Waals surface area contributed by atoms with E-state index in [1.807, 2.05) is 43.9 Å². The van der Waals surface area contributed by atoms with Crippen LogP contribution in [0.15, 0.2) is 43.1 Å². The minimum absolute atomic E-state index is 0.0215. The lowest BCUT2D eigenvalue weighted by Crippen LogP contribution is -2.65. The molecule has 6 rings (SSSR count). The van der Waals surface area contributed by atoms with Gasteiger partial charge in [0.15, 0.2) is 0 Å². The molecule has 2 N–H and O–H groups in total. The van der Waals surface area contributed by atoms with Crippen LogP contribution >= 0.6 is 0 Å². The van der Waals surface area contributed by atoms with Gasteiger partial charge in [-0.3, -0.25) is 9.58 Å². The first-order valence-electron chi connectivity index (χ1n) is 15.2. The van der Waals surface area contributed by atoms with Crippen LogP contribution in [-0.4, -0.2) is 66.4 Å². The van der Waals surface area contributed by atoms with E-state index in [9.17, 15) is 18.4 Å². The predicted octanol–water partition coefficient (Wildman–Crippen LogP) is 5.69. The molecule has 10 nitrogen and oxygen atoms in total. The monoisotopic (exact) mass is 609 g/mol. The van der Waals surface area contributed by atoms with E-state index in [0.717, 1.165) is 54.0 Å². The minimum Gasteiger partial charge on any atom is -0.474 e. The third-order valence-corrected chi connectivity index (χ3v) is 8.28. The van der Waals surface area contributed by atoms with Gasteiger partial charge in [0.2, 0.25) is 5.88 Å². The normalized spacial score (nSPS) is 19.9. The van der Waals surface area contributed by atoms with Gasteiger partial charge in [0.05, 0.1) is 24.4 Å². The summed E-state index contributed by atoms with van der Waals surface area (Å²) in [6.07, 6.45) is 5.84. The molecule has 13 heteroatoms. The van der Waals surface area contributed by atoms with Crippen molar-refractivity contribution in [2.45, 2.75) is 83.3 Å². The zero-order chi connectivity index (χ0) is 31.3. The van der Waals surface area contributed by atoms with Gasteiger partial charge in [-0.25, -0.2) is 15.0 Å². The summed E-state index contributed by atoms with van der Waals surface area (Å²) in [6.45, 7) is 8.26. The van der Waals surface area contributed by atoms with Crippen LogP contribution in [-0.2, 0) is 18.3 Å². The lowest BCUT2D eigenvalue weighted by Gasteiger charge is -2.53. The lowest BCUT2D eigenvalue weighted by molar-refractivity contribution is -0.141. The Kier molecular flexibility index (Phi) is 9.51. The zero-order valence-electron chi connectivity index (χ0n) is 25.2. The molecule has 1 aliphatic heterocycles. The maximum atomic E-state index is 13.4. The van der Waals surface area contributed by atoms with Gasteiger partial charge >= 0.3 is 6.18 Å². The molecule has 5 heterocycles. The van der Waals surface area contributed by atoms with E-state index >= 15 is 0 Å². The quantitative estimate of drug-likeness (QED) is 0.249. The van der Waals surface area contributed by atoms with Crippen molar-refractivity contribution in [1.82, 2.24) is 39.9 Å². The molecule has 0 spiro atoms. The van der Waals surface area contributed by atoms with Crippen LogP contribution in [0.4, 0.5) is 13.2 Å². The number of fused-ring (bicyclic) bond motifs is 1. The van der Waals surface area contributed by atoms with Crippen LogP contribution in [0.3, 0.4) is 0 Å². The molecule has 1 aliphatic carbocycles. The highest BCUT2D eigenvalue weighted by Crippen LogP contribution is 2.39. The predicted molar refractivity (Wildman–Crippen MR) is 160 cm³/mol. The Hall–Kier alpha value is -4.02. The molecule has 1 saturated carbocycles. The van der Waals surface area contributed by atoms with Gasteiger partial charge in [-0.05, 0) is 49.9 Å². The second kappa shape index (κ2) is 13.3. The number of ether oxygens (including phenoxy) is 1. The Labute approximate surface area is 254 Å². The SMILES string of the molecule is CC.CCNCc1cc(OC2CCC(N3CC(CC#N)(n4cc(-c5ncnc6[nH]ccc56)cn4)C3)CC2)nc(C(F)(F)F)c1. The van der Waals surface area contributed by atoms with E-state index in [1.165, 1.54) is 6.33 Å². The fourth-order valence-electron chi connectivity index (χ4n) is 6.09. The molecule has 1 saturated heterocycles. The number of hydrogen-bond donors (Lipinski definition) is 2. The van der Waals surface area contributed by atoms with Crippen molar-refractivity contribution in [2.24, 2.45) is 0 Å². The Balaban J connectivity index is 0.00000188. The highest BCUT2D eigenvalue weighted by atomic mass is 19.4. The highest BCUT2D eigenvalue weighted by molar-refractivity contribution is 5.90. The summed E-state index contributed by atoms with van der Waals surface area (Å²) in [4.78, 5) is 18.0. The number of aromatic amines is 1. The Bertz CT molecular complexity index is 1580. The van der Waals surface area contributed by atoms with Crippen molar-refractivity contribution < 1.29 is 17.9 Å². The standard InChI is InChI=1S/C29H32F3N9O.C2H6/c1-2-34-13-19-11-24(29(30,31)32)39-25(12-19)42-22-5-3-21(4-6-22)40-16-28(17-40,8-9-33)41-15-20(14-38-41)26-23-7-10-35-27(23)37-18-36-26;1-2/h7,10-12,14-15,18,21-22,34H,2-6,8,13,16-17H2,1H3,(H,35,36,37);1-2H3. The number of likely N-dealkylation sites (tertiary alicyclic amines) is 1. The summed E-state index contributed by atoms with van der Waals surface area (Å²) < 4.78 is 48.2. The number of alkyl halides is 3. The molecule has 0 radical (unpaired) electrons. The van der Waals surface area contributed by atoms with Gasteiger partial charge in [0.1, 0.15) is 29.3 Å². The summed E-state index contributed by atoms with van der Waals surface area (Å²) in [6, 6.07) is 7.25. The number of H-pyrrole nitrogens is 1. The molecule has 2 aliphatic rings. The van der Waals surface area contributed by atoms with E-state index in [1.54, 1.807) is 12.3 Å². The van der Waals surface area contributed by atoms with Crippen LogP contribution in [0.25, 0.3) is 22.3 Å². The zero-order valence-corrected chi connectivity index (χ0v) is 25.2. The number of nitrogens with one attached hydrogen (secondary N) is 2. The van der Waals surface area contributed by atoms with Gasteiger partial charge in [-0.15, -0.1) is 0 Å². The molecule has 234 valence electrons. The van der Waals surface area contributed by atoms with Crippen molar-refractivity contribution in [3.8, 4) is 23.2 Å². The second-order valence-electron chi connectivity index (χ2n) is 11.1. The van der Waals surface area contributed by atoms with Gasteiger partial charge in [-0.2, -0.15) is 23.5 Å². The third-order valence-electron chi connectivity index (χ3n) is 8.28. The first-order chi connectivity index (χ1) is 21.3. The smallest absolute Gasteiger partial charge is 0.433 e. The average molecular weight is 610 g/mol. The molecule has 4 aromatic rings. The fourth-order valence-corrected chi connectivity index (χ4v) is 6.09. The Morgan fingerprint density at radius 2 is 1.93 bits per heavy atom. The first kappa shape index (κ1) is 31.4. The van der Waals surface area contributed by atoms with E-state index in [0.29, 0.717) is 44.2 Å². The van der Waals surface area contributed by atoms with Crippen molar-refractivity contribution in [2.75, 3.05) is 19.6 Å². The maximum Gasteiger partial charge on any atom is 0.433 e. The minimum atomic E-state index is -4.54. The number of aromatic nitrogens is 6. The van der Waals surface area contributed by atoms with E-state index in [2.05, 4.69) is 41.3 Å². The summed E-state index contributed by atoms with van der Waals surface area (Å²) in [7, 11) is 0. The van der Waals surface area contributed by atoms with Crippen LogP contribution in [0.1, 0.15) is 64.1 Å². The summed E-state index contributed by atoms with van der Waals surface area (Å²) in [5.41, 5.74) is 1.55. The molecular formula is C31H38F3N9O. The molecule has 4 aromatic heterocycles. The van der Waals surface area contributed by atoms with Crippen LogP contribution < -0.4 is 10.1 Å². The topological polar surface area (TPSA) is 121 Å². The average Bonchev–Trinajstić information content (AvgIpc) is 3.69. The van der Waals surface area contributed by atoms with Gasteiger partial charge in [0.25, 0.3) is 0 Å². The van der Waals surface area contributed by atoms with Crippen molar-refractivity contribution in [3.63, 3.8) is 0 Å². The van der Waals surface area contributed by atoms with Crippen molar-refractivity contribution in [3.05, 3.63) is 54.4 Å². The van der Waals surface area contributed by atoms with Crippen molar-refractivity contribution >= 4 is 11.0 Å². The van der Waals surface area contributed by atoms with Crippen LogP contribution in [0, 0.1) is 11.3 Å². The highest BCUT2D eigenvalue weighted by Gasteiger charge is 2.48. The molecule has 0 bridgehead atoms.